The Labute approximate surface area is 212 Å². The molecule has 2 amide bonds. The molecule has 2 unspecified atom stereocenters. The Morgan fingerprint density at radius 1 is 0.914 bits per heavy atom. The van der Waals surface area contributed by atoms with Crippen LogP contribution in [0.3, 0.4) is 0 Å². The molecule has 3 aromatic carbocycles. The molecule has 5 rings (SSSR count). The normalized spacial score (nSPS) is 20.2. The average Bonchev–Trinajstić information content (AvgIpc) is 3.25. The van der Waals surface area contributed by atoms with Crippen LogP contribution in [0.1, 0.15) is 41.6 Å². The number of aliphatic imine (C=N–C) groups is 1. The third kappa shape index (κ3) is 4.68. The fraction of sp³-hybridized carbons (Fsp3) is 0.222. The smallest absolute Gasteiger partial charge is 0.323 e. The number of rotatable bonds is 3. The van der Waals surface area contributed by atoms with Gasteiger partial charge in [0.15, 0.2) is 0 Å². The van der Waals surface area contributed by atoms with E-state index >= 15 is 0 Å². The Kier molecular flexibility index (Phi) is 6.58. The molecule has 0 saturated carbocycles. The highest BCUT2D eigenvalue weighted by molar-refractivity contribution is 6.34. The van der Waals surface area contributed by atoms with Gasteiger partial charge in [0.1, 0.15) is 23.5 Å². The molecule has 2 atom stereocenters. The largest absolute Gasteiger partial charge is 0.326 e. The number of urea groups is 1. The Hall–Kier alpha value is -3.22. The van der Waals surface area contributed by atoms with Crippen molar-refractivity contribution in [2.75, 3.05) is 13.1 Å². The van der Waals surface area contributed by atoms with Gasteiger partial charge < -0.3 is 4.90 Å². The summed E-state index contributed by atoms with van der Waals surface area (Å²) in [4.78, 5) is 34.1. The number of amides is 2. The summed E-state index contributed by atoms with van der Waals surface area (Å²) in [6.45, 7) is 0.650. The molecular weight excluding hydrogens is 488 g/mol. The monoisotopic (exact) mass is 509 g/mol. The van der Waals surface area contributed by atoms with Crippen LogP contribution in [-0.2, 0) is 4.79 Å². The highest BCUT2D eigenvalue weighted by Gasteiger charge is 2.44. The molecule has 35 heavy (non-hydrogen) atoms. The van der Waals surface area contributed by atoms with E-state index in [1.807, 2.05) is 30.3 Å². The molecule has 0 radical (unpaired) electrons. The summed E-state index contributed by atoms with van der Waals surface area (Å²) >= 11 is 12.7. The van der Waals surface area contributed by atoms with Gasteiger partial charge in [0.2, 0.25) is 0 Å². The van der Waals surface area contributed by atoms with Gasteiger partial charge in [0.05, 0.1) is 11.1 Å². The number of hydrogen-bond acceptors (Lipinski definition) is 3. The number of amidine groups is 1. The second-order valence-electron chi connectivity index (χ2n) is 8.61. The molecule has 8 heteroatoms. The van der Waals surface area contributed by atoms with E-state index in [1.54, 1.807) is 40.1 Å². The van der Waals surface area contributed by atoms with Crippen molar-refractivity contribution in [3.63, 3.8) is 0 Å². The summed E-state index contributed by atoms with van der Waals surface area (Å²) in [6, 6.07) is 19.2. The SMILES string of the molecule is O=C1CCN(C(=O)N2C(c3ccccc3Cl)=NC(c3ccc(Cl)cc3)C2c2cccc(F)c2)CC1. The van der Waals surface area contributed by atoms with Crippen LogP contribution in [0.15, 0.2) is 77.8 Å². The quantitative estimate of drug-likeness (QED) is 0.406. The lowest BCUT2D eigenvalue weighted by atomic mass is 9.93. The first-order chi connectivity index (χ1) is 16.9. The lowest BCUT2D eigenvalue weighted by Gasteiger charge is -2.35. The third-order valence-electron chi connectivity index (χ3n) is 6.38. The molecule has 0 bridgehead atoms. The topological polar surface area (TPSA) is 53.0 Å². The summed E-state index contributed by atoms with van der Waals surface area (Å²) in [7, 11) is 0. The Morgan fingerprint density at radius 3 is 2.31 bits per heavy atom. The molecule has 1 fully saturated rings. The standard InChI is InChI=1S/C27H22Cl2FN3O2/c28-19-10-8-17(9-11-19)24-25(18-4-3-5-20(30)16-18)33(27(35)32-14-12-21(34)13-15-32)26(31-24)22-6-1-2-7-23(22)29/h1-11,16,24-25H,12-15H2. The Morgan fingerprint density at radius 2 is 1.63 bits per heavy atom. The zero-order valence-electron chi connectivity index (χ0n) is 18.7. The van der Waals surface area contributed by atoms with Crippen molar-refractivity contribution in [2.45, 2.75) is 24.9 Å². The number of piperidine rings is 1. The van der Waals surface area contributed by atoms with Gasteiger partial charge in [-0.1, -0.05) is 59.6 Å². The lowest BCUT2D eigenvalue weighted by Crippen LogP contribution is -2.49. The number of Topliss-reactive ketones (excluding diaryl/α,β-unsaturated/α-hetero) is 1. The van der Waals surface area contributed by atoms with Gasteiger partial charge in [-0.25, -0.2) is 9.18 Å². The number of halogens is 3. The van der Waals surface area contributed by atoms with Crippen molar-refractivity contribution < 1.29 is 14.0 Å². The fourth-order valence-electron chi connectivity index (χ4n) is 4.63. The van der Waals surface area contributed by atoms with Gasteiger partial charge in [-0.2, -0.15) is 0 Å². The van der Waals surface area contributed by atoms with Crippen LogP contribution in [0.5, 0.6) is 0 Å². The highest BCUT2D eigenvalue weighted by atomic mass is 35.5. The molecule has 2 aliphatic heterocycles. The number of carbonyl (C=O) groups is 2. The maximum absolute atomic E-state index is 14.4. The first kappa shape index (κ1) is 23.5. The first-order valence-electron chi connectivity index (χ1n) is 11.4. The van der Waals surface area contributed by atoms with Crippen LogP contribution in [-0.4, -0.2) is 40.5 Å². The van der Waals surface area contributed by atoms with E-state index < -0.39 is 17.9 Å². The van der Waals surface area contributed by atoms with Crippen LogP contribution >= 0.6 is 23.2 Å². The minimum Gasteiger partial charge on any atom is -0.323 e. The van der Waals surface area contributed by atoms with Gasteiger partial charge in [-0.3, -0.25) is 14.7 Å². The van der Waals surface area contributed by atoms with Crippen molar-refractivity contribution in [3.05, 3.63) is 105 Å². The summed E-state index contributed by atoms with van der Waals surface area (Å²) in [5, 5.41) is 1.03. The van der Waals surface area contributed by atoms with E-state index in [9.17, 15) is 14.0 Å². The van der Waals surface area contributed by atoms with E-state index in [1.165, 1.54) is 12.1 Å². The van der Waals surface area contributed by atoms with Crippen LogP contribution in [0.2, 0.25) is 10.0 Å². The van der Waals surface area contributed by atoms with Crippen LogP contribution in [0, 0.1) is 5.82 Å². The van der Waals surface area contributed by atoms with E-state index in [0.717, 1.165) is 5.56 Å². The predicted octanol–water partition coefficient (Wildman–Crippen LogP) is 6.46. The summed E-state index contributed by atoms with van der Waals surface area (Å²) in [5.41, 5.74) is 2.04. The summed E-state index contributed by atoms with van der Waals surface area (Å²) < 4.78 is 14.4. The predicted molar refractivity (Wildman–Crippen MR) is 134 cm³/mol. The molecule has 3 aromatic rings. The average molecular weight is 510 g/mol. The van der Waals surface area contributed by atoms with Gasteiger partial charge in [-0.05, 0) is 47.5 Å². The minimum atomic E-state index is -0.622. The number of carbonyl (C=O) groups excluding carboxylic acids is 2. The molecule has 2 aliphatic rings. The minimum absolute atomic E-state index is 0.135. The maximum atomic E-state index is 14.4. The van der Waals surface area contributed by atoms with E-state index in [-0.39, 0.29) is 11.8 Å². The molecule has 0 aromatic heterocycles. The number of ketones is 1. The fourth-order valence-corrected chi connectivity index (χ4v) is 4.97. The summed E-state index contributed by atoms with van der Waals surface area (Å²) in [6.07, 6.45) is 0.618. The van der Waals surface area contributed by atoms with Gasteiger partial charge in [0.25, 0.3) is 0 Å². The van der Waals surface area contributed by atoms with Crippen LogP contribution < -0.4 is 0 Å². The number of nitrogens with zero attached hydrogens (tertiary/aromatic N) is 3. The molecule has 0 N–H and O–H groups in total. The highest BCUT2D eigenvalue weighted by Crippen LogP contribution is 2.45. The second-order valence-corrected chi connectivity index (χ2v) is 9.45. The molecule has 0 spiro atoms. The summed E-state index contributed by atoms with van der Waals surface area (Å²) in [5.74, 6) is 0.141. The zero-order valence-corrected chi connectivity index (χ0v) is 20.2. The van der Waals surface area contributed by atoms with E-state index in [2.05, 4.69) is 0 Å². The first-order valence-corrected chi connectivity index (χ1v) is 12.1. The number of hydrogen-bond donors (Lipinski definition) is 0. The van der Waals surface area contributed by atoms with Crippen molar-refractivity contribution in [3.8, 4) is 0 Å². The molecule has 0 aliphatic carbocycles. The molecule has 5 nitrogen and oxygen atoms in total. The van der Waals surface area contributed by atoms with Crippen molar-refractivity contribution in [1.29, 1.82) is 0 Å². The van der Waals surface area contributed by atoms with Crippen molar-refractivity contribution in [1.82, 2.24) is 9.80 Å². The van der Waals surface area contributed by atoms with Crippen LogP contribution in [0.25, 0.3) is 0 Å². The molecule has 178 valence electrons. The third-order valence-corrected chi connectivity index (χ3v) is 6.96. The zero-order chi connectivity index (χ0) is 24.5. The molecular formula is C27H22Cl2FN3O2. The van der Waals surface area contributed by atoms with Crippen LogP contribution in [0.4, 0.5) is 9.18 Å². The maximum Gasteiger partial charge on any atom is 0.326 e. The Bertz CT molecular complexity index is 1300. The van der Waals surface area contributed by atoms with Gasteiger partial charge >= 0.3 is 6.03 Å². The van der Waals surface area contributed by atoms with E-state index in [0.29, 0.717) is 52.9 Å². The number of benzene rings is 3. The lowest BCUT2D eigenvalue weighted by molar-refractivity contribution is -0.120. The number of likely N-dealkylation sites (tertiary alicyclic amines) is 1. The van der Waals surface area contributed by atoms with E-state index in [4.69, 9.17) is 28.2 Å². The second kappa shape index (κ2) is 9.80. The van der Waals surface area contributed by atoms with Gasteiger partial charge in [-0.15, -0.1) is 0 Å². The molecule has 2 heterocycles. The van der Waals surface area contributed by atoms with Gasteiger partial charge in [0, 0.05) is 36.5 Å². The van der Waals surface area contributed by atoms with Crippen molar-refractivity contribution >= 4 is 40.9 Å². The Balaban J connectivity index is 1.67. The van der Waals surface area contributed by atoms with Crippen molar-refractivity contribution in [2.24, 2.45) is 4.99 Å². The molecule has 1 saturated heterocycles.